The first-order valence-electron chi connectivity index (χ1n) is 2.01. The van der Waals surface area contributed by atoms with Crippen molar-refractivity contribution in [2.75, 3.05) is 5.75 Å². The van der Waals surface area contributed by atoms with E-state index in [2.05, 4.69) is 0 Å². The molecular weight excluding hydrogens is 253 g/mol. The zero-order chi connectivity index (χ0) is 5.91. The molecule has 0 aliphatic heterocycles. The van der Waals surface area contributed by atoms with Crippen LogP contribution in [0, 0.1) is 0 Å². The summed E-state index contributed by atoms with van der Waals surface area (Å²) in [7, 11) is -3.67. The summed E-state index contributed by atoms with van der Waals surface area (Å²) >= 11 is 0. The summed E-state index contributed by atoms with van der Waals surface area (Å²) < 4.78 is 27.6. The van der Waals surface area contributed by atoms with E-state index in [0.29, 0.717) is 6.42 Å². The third-order valence-corrected chi connectivity index (χ3v) is 1.39. The zero-order valence-electron chi connectivity index (χ0n) is 6.79. The molecule has 0 aromatic carbocycles. The Hall–Kier alpha value is 1.48. The summed E-state index contributed by atoms with van der Waals surface area (Å²) in [6.07, 6.45) is 0.471. The molecule has 0 aromatic heterocycles. The van der Waals surface area contributed by atoms with Crippen LogP contribution in [-0.2, 0) is 10.1 Å². The molecule has 0 aliphatic carbocycles. The summed E-state index contributed by atoms with van der Waals surface area (Å²) in [5.74, 6) is -0.132. The van der Waals surface area contributed by atoms with Crippen LogP contribution in [0.4, 0.5) is 0 Å². The summed E-state index contributed by atoms with van der Waals surface area (Å²) in [5.41, 5.74) is 0. The Balaban J connectivity index is -0.0000000600. The molecule has 5 heteroatoms. The standard InChI is InChI=1S/C3H8O3S.Ba.2H/c1-2-3-7(4,5)6;;;/h2-3H2,1H3,(H,4,5,6);;;/q;+2;2*-1. The van der Waals surface area contributed by atoms with Crippen LogP contribution in [0.5, 0.6) is 0 Å². The van der Waals surface area contributed by atoms with Crippen molar-refractivity contribution < 1.29 is 15.8 Å². The molecule has 0 spiro atoms. The summed E-state index contributed by atoms with van der Waals surface area (Å²) in [4.78, 5) is 0. The van der Waals surface area contributed by atoms with Crippen LogP contribution in [0.3, 0.4) is 0 Å². The average Bonchev–Trinajstić information content (AvgIpc) is 1.30. The van der Waals surface area contributed by atoms with Gasteiger partial charge in [0, 0.05) is 0 Å². The fraction of sp³-hybridized carbons (Fsp3) is 1.00. The molecule has 0 atom stereocenters. The van der Waals surface area contributed by atoms with Crippen molar-refractivity contribution in [3.8, 4) is 0 Å². The fourth-order valence-electron chi connectivity index (χ4n) is 0.258. The van der Waals surface area contributed by atoms with Gasteiger partial charge in [-0.3, -0.25) is 4.55 Å². The summed E-state index contributed by atoms with van der Waals surface area (Å²) in [6.45, 7) is 1.69. The molecule has 0 unspecified atom stereocenters. The Morgan fingerprint density at radius 1 is 1.62 bits per heavy atom. The first kappa shape index (κ1) is 12.2. The molecule has 3 nitrogen and oxygen atoms in total. The van der Waals surface area contributed by atoms with Crippen molar-refractivity contribution in [2.45, 2.75) is 13.3 Å². The molecule has 0 saturated heterocycles. The average molecular weight is 264 g/mol. The molecule has 0 amide bonds. The fourth-order valence-corrected chi connectivity index (χ4v) is 0.774. The molecule has 0 rings (SSSR count). The van der Waals surface area contributed by atoms with Gasteiger partial charge >= 0.3 is 48.9 Å². The molecule has 0 saturated carbocycles. The van der Waals surface area contributed by atoms with Crippen molar-refractivity contribution in [1.82, 2.24) is 0 Å². The van der Waals surface area contributed by atoms with E-state index < -0.39 is 10.1 Å². The van der Waals surface area contributed by atoms with Crippen molar-refractivity contribution in [1.29, 1.82) is 0 Å². The Labute approximate surface area is 92.6 Å². The second kappa shape index (κ2) is 5.28. The molecule has 8 heavy (non-hydrogen) atoms. The van der Waals surface area contributed by atoms with Gasteiger partial charge in [-0.15, -0.1) is 0 Å². The van der Waals surface area contributed by atoms with Crippen LogP contribution in [0.25, 0.3) is 0 Å². The molecule has 0 aromatic rings. The molecular formula is C3H10BaO3S. The third kappa shape index (κ3) is 10.5. The second-order valence-corrected chi connectivity index (χ2v) is 2.86. The summed E-state index contributed by atoms with van der Waals surface area (Å²) in [5, 5.41) is 0. The van der Waals surface area contributed by atoms with Crippen LogP contribution in [0.15, 0.2) is 0 Å². The van der Waals surface area contributed by atoms with Gasteiger partial charge in [0.15, 0.2) is 0 Å². The van der Waals surface area contributed by atoms with Gasteiger partial charge in [0.05, 0.1) is 5.75 Å². The van der Waals surface area contributed by atoms with E-state index in [1.165, 1.54) is 0 Å². The normalized spacial score (nSPS) is 10.2. The van der Waals surface area contributed by atoms with E-state index in [4.69, 9.17) is 4.55 Å². The quantitative estimate of drug-likeness (QED) is 0.569. The van der Waals surface area contributed by atoms with Crippen molar-refractivity contribution in [3.63, 3.8) is 0 Å². The molecule has 0 aliphatic rings. The molecule has 1 N–H and O–H groups in total. The second-order valence-electron chi connectivity index (χ2n) is 1.29. The monoisotopic (exact) mass is 264 g/mol. The molecule has 48 valence electrons. The van der Waals surface area contributed by atoms with Crippen molar-refractivity contribution in [3.05, 3.63) is 0 Å². The maximum Gasteiger partial charge on any atom is 2.00 e. The van der Waals surface area contributed by atoms with E-state index in [9.17, 15) is 8.42 Å². The van der Waals surface area contributed by atoms with E-state index in [1.807, 2.05) is 0 Å². The summed E-state index contributed by atoms with van der Waals surface area (Å²) in [6, 6.07) is 0. The third-order valence-electron chi connectivity index (χ3n) is 0.462. The Morgan fingerprint density at radius 3 is 2.00 bits per heavy atom. The van der Waals surface area contributed by atoms with Crippen LogP contribution < -0.4 is 0 Å². The predicted molar refractivity (Wildman–Crippen MR) is 34.7 cm³/mol. The SMILES string of the molecule is CCCS(=O)(=O)O.[Ba+2].[H-].[H-]. The van der Waals surface area contributed by atoms with Crippen LogP contribution in [0.1, 0.15) is 16.2 Å². The smallest absolute Gasteiger partial charge is 1.00 e. The number of rotatable bonds is 2. The maximum atomic E-state index is 9.79. The van der Waals surface area contributed by atoms with E-state index in [0.717, 1.165) is 0 Å². The minimum atomic E-state index is -3.67. The van der Waals surface area contributed by atoms with Crippen LogP contribution in [0.2, 0.25) is 0 Å². The van der Waals surface area contributed by atoms with Crippen LogP contribution in [-0.4, -0.2) is 67.6 Å². The van der Waals surface area contributed by atoms with E-state index in [-0.39, 0.29) is 57.5 Å². The largest absolute Gasteiger partial charge is 2.00 e. The van der Waals surface area contributed by atoms with Gasteiger partial charge in [-0.25, -0.2) is 0 Å². The van der Waals surface area contributed by atoms with Crippen molar-refractivity contribution in [2.24, 2.45) is 0 Å². The predicted octanol–water partition coefficient (Wildman–Crippen LogP) is 0.128. The first-order valence-corrected chi connectivity index (χ1v) is 3.62. The minimum absolute atomic E-state index is 0. The molecule has 0 fully saturated rings. The van der Waals surface area contributed by atoms with E-state index in [1.54, 1.807) is 6.92 Å². The van der Waals surface area contributed by atoms with Gasteiger partial charge in [0.2, 0.25) is 0 Å². The van der Waals surface area contributed by atoms with Gasteiger partial charge in [0.25, 0.3) is 10.1 Å². The number of hydrogen-bond donors (Lipinski definition) is 1. The first-order chi connectivity index (χ1) is 3.06. The molecule has 0 radical (unpaired) electrons. The van der Waals surface area contributed by atoms with Crippen LogP contribution >= 0.6 is 0 Å². The maximum absolute atomic E-state index is 9.79. The van der Waals surface area contributed by atoms with Gasteiger partial charge in [-0.05, 0) is 6.42 Å². The Bertz CT molecular complexity index is 135. The zero-order valence-corrected chi connectivity index (χ0v) is 10.1. The minimum Gasteiger partial charge on any atom is -1.00 e. The van der Waals surface area contributed by atoms with Gasteiger partial charge < -0.3 is 2.85 Å². The van der Waals surface area contributed by atoms with Gasteiger partial charge in [-0.2, -0.15) is 8.42 Å². The number of hydrogen-bond acceptors (Lipinski definition) is 2. The molecule has 0 bridgehead atoms. The topological polar surface area (TPSA) is 54.4 Å². The Kier molecular flexibility index (Phi) is 8.04. The van der Waals surface area contributed by atoms with E-state index >= 15 is 0 Å². The Morgan fingerprint density at radius 2 is 2.00 bits per heavy atom. The van der Waals surface area contributed by atoms with Gasteiger partial charge in [-0.1, -0.05) is 6.92 Å². The molecule has 0 heterocycles. The van der Waals surface area contributed by atoms with Crippen molar-refractivity contribution >= 4 is 59.0 Å². The van der Waals surface area contributed by atoms with Gasteiger partial charge in [0.1, 0.15) is 0 Å².